The number of anilines is 1. The van der Waals surface area contributed by atoms with Crippen molar-refractivity contribution in [3.05, 3.63) is 23.8 Å². The number of amides is 1. The van der Waals surface area contributed by atoms with E-state index in [2.05, 4.69) is 10.1 Å². The summed E-state index contributed by atoms with van der Waals surface area (Å²) in [6.45, 7) is -0.270. The predicted octanol–water partition coefficient (Wildman–Crippen LogP) is 2.04. The average molecular weight is 319 g/mol. The maximum Gasteiger partial charge on any atom is 0.396 e. The van der Waals surface area contributed by atoms with E-state index in [0.717, 1.165) is 0 Å². The van der Waals surface area contributed by atoms with Crippen molar-refractivity contribution in [3.8, 4) is 5.75 Å². The first-order valence-electron chi connectivity index (χ1n) is 6.14. The molecule has 0 aromatic heterocycles. The molecule has 0 unspecified atom stereocenters. The lowest BCUT2D eigenvalue weighted by Crippen LogP contribution is -2.38. The number of nitrogens with one attached hydrogen (secondary N) is 1. The molecule has 0 atom stereocenters. The summed E-state index contributed by atoms with van der Waals surface area (Å²) in [6.07, 6.45) is -4.28. The van der Waals surface area contributed by atoms with E-state index >= 15 is 0 Å². The second-order valence-electron chi connectivity index (χ2n) is 4.93. The molecule has 0 aliphatic heterocycles. The Kier molecular flexibility index (Phi) is 5.02. The molecular formula is C13H16F3N3O3. The summed E-state index contributed by atoms with van der Waals surface area (Å²) in [5.41, 5.74) is 3.92. The number of hydrogen-bond acceptors (Lipinski definition) is 5. The van der Waals surface area contributed by atoms with Crippen molar-refractivity contribution in [2.24, 2.45) is 5.41 Å². The van der Waals surface area contributed by atoms with Gasteiger partial charge in [-0.05, 0) is 31.0 Å². The molecule has 1 aliphatic carbocycles. The molecule has 9 heteroatoms. The normalized spacial score (nSPS) is 15.4. The van der Waals surface area contributed by atoms with Gasteiger partial charge in [-0.1, -0.05) is 0 Å². The Morgan fingerprint density at radius 3 is 2.50 bits per heavy atom. The zero-order valence-electron chi connectivity index (χ0n) is 11.6. The predicted molar refractivity (Wildman–Crippen MR) is 72.6 cm³/mol. The second-order valence-corrected chi connectivity index (χ2v) is 4.93. The molecule has 1 aromatic rings. The summed E-state index contributed by atoms with van der Waals surface area (Å²) >= 11 is 0. The van der Waals surface area contributed by atoms with Gasteiger partial charge in [-0.15, -0.1) is 0 Å². The first-order chi connectivity index (χ1) is 9.79. The molecule has 6 N–H and O–H groups in total. The van der Waals surface area contributed by atoms with Crippen molar-refractivity contribution in [3.63, 3.8) is 0 Å². The Hall–Kier alpha value is -2.29. The van der Waals surface area contributed by atoms with Gasteiger partial charge in [0, 0.05) is 12.1 Å². The molecule has 1 saturated carbocycles. The third-order valence-corrected chi connectivity index (χ3v) is 3.49. The summed E-state index contributed by atoms with van der Waals surface area (Å²) in [5.74, 6) is -0.578. The van der Waals surface area contributed by atoms with Crippen LogP contribution in [0.3, 0.4) is 0 Å². The molecule has 1 amide bonds. The highest BCUT2D eigenvalue weighted by molar-refractivity contribution is 5.95. The summed E-state index contributed by atoms with van der Waals surface area (Å²) < 4.78 is 42.7. The molecule has 0 radical (unpaired) electrons. The zero-order valence-corrected chi connectivity index (χ0v) is 11.6. The molecule has 0 saturated heterocycles. The Labute approximate surface area is 124 Å². The highest BCUT2D eigenvalue weighted by Gasteiger charge is 2.63. The van der Waals surface area contributed by atoms with E-state index in [-0.39, 0.29) is 42.5 Å². The topological polar surface area (TPSA) is 116 Å². The monoisotopic (exact) mass is 319 g/mol. The molecular weight excluding hydrogens is 303 g/mol. The number of nitrogens with two attached hydrogens (primary N) is 1. The smallest absolute Gasteiger partial charge is 0.396 e. The van der Waals surface area contributed by atoms with Gasteiger partial charge in [0.1, 0.15) is 0 Å². The molecule has 6 nitrogen and oxygen atoms in total. The minimum Gasteiger partial charge on any atom is -0.427 e. The highest BCUT2D eigenvalue weighted by Crippen LogP contribution is 2.57. The number of hydrogen-bond donors (Lipinski definition) is 3. The van der Waals surface area contributed by atoms with Crippen molar-refractivity contribution in [2.75, 3.05) is 12.3 Å². The molecule has 22 heavy (non-hydrogen) atoms. The quantitative estimate of drug-likeness (QED) is 0.567. The van der Waals surface area contributed by atoms with Crippen molar-refractivity contribution >= 4 is 18.1 Å². The van der Waals surface area contributed by atoms with Gasteiger partial charge in [0.15, 0.2) is 5.75 Å². The van der Waals surface area contributed by atoms with Crippen LogP contribution in [-0.4, -0.2) is 25.1 Å². The Morgan fingerprint density at radius 2 is 2.05 bits per heavy atom. The first kappa shape index (κ1) is 17.8. The van der Waals surface area contributed by atoms with Crippen LogP contribution in [0.25, 0.3) is 0 Å². The number of halogens is 3. The van der Waals surface area contributed by atoms with E-state index < -0.39 is 24.0 Å². The van der Waals surface area contributed by atoms with Gasteiger partial charge in [-0.3, -0.25) is 9.59 Å². The van der Waals surface area contributed by atoms with Crippen LogP contribution in [0.15, 0.2) is 18.2 Å². The number of ether oxygens (including phenoxy) is 1. The number of benzene rings is 1. The third-order valence-electron chi connectivity index (χ3n) is 3.49. The third kappa shape index (κ3) is 3.48. The molecule has 0 bridgehead atoms. The van der Waals surface area contributed by atoms with Crippen LogP contribution in [-0.2, 0) is 4.79 Å². The van der Waals surface area contributed by atoms with E-state index in [1.54, 1.807) is 0 Å². The SMILES string of the molecule is N.Nc1cc(C(=O)NCC2(C(F)(F)F)CC2)ccc1OC=O. The minimum absolute atomic E-state index is 0. The van der Waals surface area contributed by atoms with E-state index in [1.165, 1.54) is 18.2 Å². The highest BCUT2D eigenvalue weighted by atomic mass is 19.4. The molecule has 0 heterocycles. The number of alkyl halides is 3. The van der Waals surface area contributed by atoms with Crippen molar-refractivity contribution in [1.82, 2.24) is 11.5 Å². The van der Waals surface area contributed by atoms with Crippen molar-refractivity contribution < 1.29 is 27.5 Å². The fraction of sp³-hybridized carbons (Fsp3) is 0.385. The maximum absolute atomic E-state index is 12.7. The van der Waals surface area contributed by atoms with Crippen LogP contribution in [0.2, 0.25) is 0 Å². The maximum atomic E-state index is 12.7. The molecule has 1 aromatic carbocycles. The van der Waals surface area contributed by atoms with E-state index in [9.17, 15) is 22.8 Å². The molecule has 1 aliphatic rings. The Bertz CT molecular complexity index is 571. The van der Waals surface area contributed by atoms with Crippen LogP contribution in [0.4, 0.5) is 18.9 Å². The molecule has 122 valence electrons. The first-order valence-corrected chi connectivity index (χ1v) is 6.14. The van der Waals surface area contributed by atoms with E-state index in [4.69, 9.17) is 5.73 Å². The molecule has 0 spiro atoms. The summed E-state index contributed by atoms with van der Waals surface area (Å²) in [7, 11) is 0. The van der Waals surface area contributed by atoms with Crippen molar-refractivity contribution in [2.45, 2.75) is 19.0 Å². The fourth-order valence-corrected chi connectivity index (χ4v) is 1.91. The van der Waals surface area contributed by atoms with Gasteiger partial charge >= 0.3 is 6.18 Å². The van der Waals surface area contributed by atoms with Gasteiger partial charge in [0.2, 0.25) is 0 Å². The summed E-state index contributed by atoms with van der Waals surface area (Å²) in [5, 5.41) is 2.26. The van der Waals surface area contributed by atoms with Gasteiger partial charge in [-0.25, -0.2) is 0 Å². The lowest BCUT2D eigenvalue weighted by molar-refractivity contribution is -0.184. The van der Waals surface area contributed by atoms with Crippen LogP contribution < -0.4 is 21.9 Å². The van der Waals surface area contributed by atoms with Crippen molar-refractivity contribution in [1.29, 1.82) is 0 Å². The second kappa shape index (κ2) is 6.22. The number of carbonyl (C=O) groups excluding carboxylic acids is 2. The Balaban J connectivity index is 0.00000242. The van der Waals surface area contributed by atoms with Gasteiger partial charge in [0.25, 0.3) is 12.4 Å². The molecule has 2 rings (SSSR count). The van der Waals surface area contributed by atoms with Crippen LogP contribution >= 0.6 is 0 Å². The van der Waals surface area contributed by atoms with Crippen LogP contribution in [0.5, 0.6) is 5.75 Å². The fourth-order valence-electron chi connectivity index (χ4n) is 1.91. The lowest BCUT2D eigenvalue weighted by atomic mass is 10.1. The lowest BCUT2D eigenvalue weighted by Gasteiger charge is -2.19. The van der Waals surface area contributed by atoms with E-state index in [0.29, 0.717) is 0 Å². The van der Waals surface area contributed by atoms with Gasteiger partial charge in [-0.2, -0.15) is 13.2 Å². The average Bonchev–Trinajstić information content (AvgIpc) is 3.19. The Morgan fingerprint density at radius 1 is 1.41 bits per heavy atom. The molecule has 1 fully saturated rings. The summed E-state index contributed by atoms with van der Waals surface area (Å²) in [6, 6.07) is 3.86. The van der Waals surface area contributed by atoms with Gasteiger partial charge in [0.05, 0.1) is 11.1 Å². The van der Waals surface area contributed by atoms with Gasteiger partial charge < -0.3 is 21.9 Å². The number of nitrogen functional groups attached to an aromatic ring is 1. The minimum atomic E-state index is -4.32. The zero-order chi connectivity index (χ0) is 15.7. The van der Waals surface area contributed by atoms with E-state index in [1.807, 2.05) is 0 Å². The largest absolute Gasteiger partial charge is 0.427 e. The number of rotatable bonds is 5. The van der Waals surface area contributed by atoms with Crippen LogP contribution in [0.1, 0.15) is 23.2 Å². The standard InChI is InChI=1S/C13H13F3N2O3.H3N/c14-13(15,16)12(3-4-12)6-18-11(20)8-1-2-10(21-7-19)9(17)5-8;/h1-2,5,7H,3-4,6,17H2,(H,18,20);1H3. The van der Waals surface area contributed by atoms with Crippen LogP contribution in [0, 0.1) is 5.41 Å². The summed E-state index contributed by atoms with van der Waals surface area (Å²) in [4.78, 5) is 22.0. The number of carbonyl (C=O) groups is 2.